The normalized spacial score (nSPS) is 12.2. The highest BCUT2D eigenvalue weighted by Crippen LogP contribution is 2.23. The zero-order valence-electron chi connectivity index (χ0n) is 19.5. The first kappa shape index (κ1) is 23.7. The fourth-order valence-corrected chi connectivity index (χ4v) is 3.83. The van der Waals surface area contributed by atoms with Crippen LogP contribution in [0.15, 0.2) is 72.8 Å². The Labute approximate surface area is 197 Å². The van der Waals surface area contributed by atoms with E-state index < -0.39 is 0 Å². The Kier molecular flexibility index (Phi) is 7.47. The Hall–Kier alpha value is -2.98. The predicted molar refractivity (Wildman–Crippen MR) is 139 cm³/mol. The predicted octanol–water partition coefficient (Wildman–Crippen LogP) is 6.96. The van der Waals surface area contributed by atoms with Gasteiger partial charge in [0.05, 0.1) is 6.04 Å². The van der Waals surface area contributed by atoms with E-state index in [-0.39, 0.29) is 17.2 Å². The molecule has 1 atom stereocenters. The highest BCUT2D eigenvalue weighted by atomic mass is 32.1. The maximum atomic E-state index is 13.0. The topological polar surface area (TPSA) is 41.1 Å². The highest BCUT2D eigenvalue weighted by Gasteiger charge is 2.16. The molecule has 3 aromatic carbocycles. The summed E-state index contributed by atoms with van der Waals surface area (Å²) in [4.78, 5) is 13.0. The smallest absolute Gasteiger partial charge is 0.193 e. The molecule has 0 saturated carbocycles. The first-order valence-electron chi connectivity index (χ1n) is 11.1. The van der Waals surface area contributed by atoms with Crippen molar-refractivity contribution in [2.75, 3.05) is 5.32 Å². The molecule has 1 unspecified atom stereocenters. The largest absolute Gasteiger partial charge is 0.356 e. The van der Waals surface area contributed by atoms with Crippen LogP contribution in [0.3, 0.4) is 0 Å². The summed E-state index contributed by atoms with van der Waals surface area (Å²) in [6, 6.07) is 24.0. The Bertz CT molecular complexity index is 1080. The number of carbonyl (C=O) groups excluding carboxylic acids is 1. The van der Waals surface area contributed by atoms with Crippen molar-refractivity contribution in [1.82, 2.24) is 5.32 Å². The molecule has 0 saturated heterocycles. The summed E-state index contributed by atoms with van der Waals surface area (Å²) >= 11 is 5.55. The molecule has 4 heteroatoms. The van der Waals surface area contributed by atoms with E-state index in [2.05, 4.69) is 69.5 Å². The summed E-state index contributed by atoms with van der Waals surface area (Å²) in [6.07, 6.45) is 0.911. The second-order valence-electron chi connectivity index (χ2n) is 9.21. The molecule has 0 spiro atoms. The number of nitrogens with one attached hydrogen (secondary N) is 2. The van der Waals surface area contributed by atoms with E-state index in [1.165, 1.54) is 16.7 Å². The van der Waals surface area contributed by atoms with E-state index in [0.29, 0.717) is 16.2 Å². The molecule has 3 aromatic rings. The molecule has 0 heterocycles. The molecule has 32 heavy (non-hydrogen) atoms. The lowest BCUT2D eigenvalue weighted by atomic mass is 9.86. The fourth-order valence-electron chi connectivity index (χ4n) is 3.57. The van der Waals surface area contributed by atoms with E-state index in [4.69, 9.17) is 12.2 Å². The zero-order valence-corrected chi connectivity index (χ0v) is 20.3. The van der Waals surface area contributed by atoms with E-state index >= 15 is 0 Å². The van der Waals surface area contributed by atoms with Gasteiger partial charge < -0.3 is 10.6 Å². The summed E-state index contributed by atoms with van der Waals surface area (Å²) in [5.41, 5.74) is 5.80. The van der Waals surface area contributed by atoms with Crippen LogP contribution in [0.2, 0.25) is 0 Å². The molecule has 0 fully saturated rings. The van der Waals surface area contributed by atoms with Crippen molar-refractivity contribution in [3.05, 3.63) is 101 Å². The van der Waals surface area contributed by atoms with Crippen molar-refractivity contribution >= 4 is 28.8 Å². The molecule has 3 nitrogen and oxygen atoms in total. The molecule has 2 N–H and O–H groups in total. The van der Waals surface area contributed by atoms with Crippen LogP contribution in [-0.4, -0.2) is 10.9 Å². The lowest BCUT2D eigenvalue weighted by Crippen LogP contribution is -2.32. The second kappa shape index (κ2) is 10.1. The number of ketones is 1. The van der Waals surface area contributed by atoms with Crippen LogP contribution < -0.4 is 10.6 Å². The van der Waals surface area contributed by atoms with Gasteiger partial charge in [-0.25, -0.2) is 0 Å². The maximum Gasteiger partial charge on any atom is 0.193 e. The molecule has 166 valence electrons. The number of anilines is 1. The van der Waals surface area contributed by atoms with Gasteiger partial charge in [0.15, 0.2) is 10.9 Å². The molecule has 0 aromatic heterocycles. The Morgan fingerprint density at radius 1 is 0.938 bits per heavy atom. The van der Waals surface area contributed by atoms with Gasteiger partial charge in [-0.1, -0.05) is 93.9 Å². The summed E-state index contributed by atoms with van der Waals surface area (Å²) in [7, 11) is 0. The molecular formula is C28H32N2OS. The molecule has 0 aliphatic heterocycles. The van der Waals surface area contributed by atoms with Crippen LogP contribution in [0, 0.1) is 6.92 Å². The number of thiocarbonyl (C=S) groups is 1. The van der Waals surface area contributed by atoms with Crippen molar-refractivity contribution in [3.63, 3.8) is 0 Å². The Morgan fingerprint density at radius 2 is 1.59 bits per heavy atom. The number of hydrogen-bond acceptors (Lipinski definition) is 2. The molecule has 0 bridgehead atoms. The Balaban J connectivity index is 1.69. The SMILES string of the molecule is CCC(NC(=S)Nc1cccc(C(=O)c2ccc(C(C)(C)C)cc2)c1)c1ccc(C)cc1. The first-order valence-corrected chi connectivity index (χ1v) is 11.5. The van der Waals surface area contributed by atoms with Crippen LogP contribution >= 0.6 is 12.2 Å². The third kappa shape index (κ3) is 6.04. The van der Waals surface area contributed by atoms with Crippen LogP contribution in [-0.2, 0) is 5.41 Å². The first-order chi connectivity index (χ1) is 15.2. The minimum atomic E-state index is -0.000855. The van der Waals surface area contributed by atoms with Gasteiger partial charge in [-0.15, -0.1) is 0 Å². The summed E-state index contributed by atoms with van der Waals surface area (Å²) in [6.45, 7) is 10.7. The minimum absolute atomic E-state index is 0.000855. The number of carbonyl (C=O) groups is 1. The fraction of sp³-hybridized carbons (Fsp3) is 0.286. The standard InChI is InChI=1S/C28H32N2OS/c1-6-25(20-12-10-19(2)11-13-20)30-27(32)29-24-9-7-8-22(18-24)26(31)21-14-16-23(17-15-21)28(3,4)5/h7-18,25H,6H2,1-5H3,(H2,29,30,32). The van der Waals surface area contributed by atoms with Crippen molar-refractivity contribution < 1.29 is 4.79 Å². The van der Waals surface area contributed by atoms with E-state index in [1.807, 2.05) is 48.5 Å². The van der Waals surface area contributed by atoms with Crippen molar-refractivity contribution in [1.29, 1.82) is 0 Å². The van der Waals surface area contributed by atoms with Gasteiger partial charge in [-0.05, 0) is 54.2 Å². The molecule has 3 rings (SSSR count). The lowest BCUT2D eigenvalue weighted by molar-refractivity contribution is 0.103. The molecule has 0 aliphatic rings. The van der Waals surface area contributed by atoms with Crippen LogP contribution in [0.4, 0.5) is 5.69 Å². The maximum absolute atomic E-state index is 13.0. The molecule has 0 aliphatic carbocycles. The summed E-state index contributed by atoms with van der Waals surface area (Å²) < 4.78 is 0. The zero-order chi connectivity index (χ0) is 23.3. The minimum Gasteiger partial charge on any atom is -0.356 e. The third-order valence-electron chi connectivity index (χ3n) is 5.59. The van der Waals surface area contributed by atoms with Crippen LogP contribution in [0.5, 0.6) is 0 Å². The average Bonchev–Trinajstić information content (AvgIpc) is 2.77. The number of benzene rings is 3. The van der Waals surface area contributed by atoms with Gasteiger partial charge >= 0.3 is 0 Å². The van der Waals surface area contributed by atoms with Crippen molar-refractivity contribution in [3.8, 4) is 0 Å². The molecule has 0 radical (unpaired) electrons. The van der Waals surface area contributed by atoms with E-state index in [9.17, 15) is 4.79 Å². The van der Waals surface area contributed by atoms with Gasteiger partial charge in [0.2, 0.25) is 0 Å². The number of aryl methyl sites for hydroxylation is 1. The highest BCUT2D eigenvalue weighted by molar-refractivity contribution is 7.80. The summed E-state index contributed by atoms with van der Waals surface area (Å²) in [5.74, 6) is -0.000855. The third-order valence-corrected chi connectivity index (χ3v) is 5.81. The van der Waals surface area contributed by atoms with E-state index in [0.717, 1.165) is 12.1 Å². The van der Waals surface area contributed by atoms with Crippen LogP contribution in [0.25, 0.3) is 0 Å². The average molecular weight is 445 g/mol. The van der Waals surface area contributed by atoms with Gasteiger partial charge in [0.1, 0.15) is 0 Å². The van der Waals surface area contributed by atoms with Gasteiger partial charge in [-0.3, -0.25) is 4.79 Å². The van der Waals surface area contributed by atoms with Crippen LogP contribution in [0.1, 0.15) is 72.8 Å². The van der Waals surface area contributed by atoms with Crippen molar-refractivity contribution in [2.24, 2.45) is 0 Å². The summed E-state index contributed by atoms with van der Waals surface area (Å²) in [5, 5.41) is 7.16. The van der Waals surface area contributed by atoms with Gasteiger partial charge in [-0.2, -0.15) is 0 Å². The van der Waals surface area contributed by atoms with Crippen molar-refractivity contribution in [2.45, 2.75) is 52.5 Å². The number of hydrogen-bond donors (Lipinski definition) is 2. The lowest BCUT2D eigenvalue weighted by Gasteiger charge is -2.20. The van der Waals surface area contributed by atoms with Gasteiger partial charge in [0, 0.05) is 16.8 Å². The Morgan fingerprint density at radius 3 is 2.19 bits per heavy atom. The number of rotatable bonds is 6. The second-order valence-corrected chi connectivity index (χ2v) is 9.62. The molecule has 0 amide bonds. The quantitative estimate of drug-likeness (QED) is 0.318. The monoisotopic (exact) mass is 444 g/mol. The van der Waals surface area contributed by atoms with Gasteiger partial charge in [0.25, 0.3) is 0 Å². The van der Waals surface area contributed by atoms with E-state index in [1.54, 1.807) is 0 Å². The molecular weight excluding hydrogens is 412 g/mol.